The van der Waals surface area contributed by atoms with Gasteiger partial charge in [0.25, 0.3) is 0 Å². The molecule has 176 valence electrons. The number of amides is 2. The Labute approximate surface area is 204 Å². The maximum Gasteiger partial charge on any atom is 0.322 e. The molecule has 1 N–H and O–H groups in total. The molecule has 3 aliphatic rings. The van der Waals surface area contributed by atoms with Crippen molar-refractivity contribution in [2.24, 2.45) is 5.92 Å². The van der Waals surface area contributed by atoms with Gasteiger partial charge < -0.3 is 10.2 Å². The SMILES string of the molecule is N#Cc1cccc([C@]23CC[C@@H](N(CCN4CC=CC4)C(=O)Nc4ccc(F)c(Cl)c4)CC2C3)c1. The molecule has 0 radical (unpaired) electrons. The first kappa shape index (κ1) is 22.9. The number of rotatable bonds is 6. The Kier molecular flexibility index (Phi) is 6.33. The molecule has 0 aromatic heterocycles. The number of nitrogens with one attached hydrogen (secondary N) is 1. The highest BCUT2D eigenvalue weighted by molar-refractivity contribution is 6.31. The van der Waals surface area contributed by atoms with Gasteiger partial charge in [0.2, 0.25) is 0 Å². The molecule has 2 aromatic carbocycles. The molecule has 2 aromatic rings. The van der Waals surface area contributed by atoms with Crippen LogP contribution in [0, 0.1) is 23.1 Å². The molecule has 3 atom stereocenters. The summed E-state index contributed by atoms with van der Waals surface area (Å²) in [6.45, 7) is 3.27. The molecule has 0 bridgehead atoms. The average Bonchev–Trinajstić information content (AvgIpc) is 3.36. The second-order valence-corrected chi connectivity index (χ2v) is 10.1. The number of carbonyl (C=O) groups excluding carboxylic acids is 1. The lowest BCUT2D eigenvalue weighted by Gasteiger charge is -2.37. The first-order valence-corrected chi connectivity index (χ1v) is 12.3. The third-order valence-corrected chi connectivity index (χ3v) is 7.99. The van der Waals surface area contributed by atoms with Crippen LogP contribution in [0.5, 0.6) is 0 Å². The van der Waals surface area contributed by atoms with E-state index in [4.69, 9.17) is 11.6 Å². The third-order valence-electron chi connectivity index (χ3n) is 7.70. The largest absolute Gasteiger partial charge is 0.322 e. The Morgan fingerprint density at radius 1 is 1.26 bits per heavy atom. The molecular formula is C27H28ClFN4O. The van der Waals surface area contributed by atoms with Crippen molar-refractivity contribution in [2.75, 3.05) is 31.5 Å². The van der Waals surface area contributed by atoms with Gasteiger partial charge in [-0.3, -0.25) is 4.90 Å². The van der Waals surface area contributed by atoms with Gasteiger partial charge in [0, 0.05) is 37.9 Å². The Morgan fingerprint density at radius 3 is 2.82 bits per heavy atom. The van der Waals surface area contributed by atoms with Crippen molar-refractivity contribution in [3.05, 3.63) is 76.6 Å². The fraction of sp³-hybridized carbons (Fsp3) is 0.407. The van der Waals surface area contributed by atoms with Crippen LogP contribution < -0.4 is 5.32 Å². The van der Waals surface area contributed by atoms with Crippen LogP contribution in [0.2, 0.25) is 5.02 Å². The lowest BCUT2D eigenvalue weighted by atomic mass is 9.80. The molecule has 0 saturated heterocycles. The van der Waals surface area contributed by atoms with E-state index in [9.17, 15) is 14.4 Å². The Bertz CT molecular complexity index is 1150. The summed E-state index contributed by atoms with van der Waals surface area (Å²) < 4.78 is 13.6. The van der Waals surface area contributed by atoms with Crippen LogP contribution in [0.4, 0.5) is 14.9 Å². The van der Waals surface area contributed by atoms with E-state index >= 15 is 0 Å². The second kappa shape index (κ2) is 9.40. The smallest absolute Gasteiger partial charge is 0.320 e. The fourth-order valence-electron chi connectivity index (χ4n) is 5.72. The van der Waals surface area contributed by atoms with E-state index in [1.54, 1.807) is 0 Å². The zero-order chi connectivity index (χ0) is 23.7. The number of fused-ring (bicyclic) bond motifs is 1. The second-order valence-electron chi connectivity index (χ2n) is 9.66. The lowest BCUT2D eigenvalue weighted by molar-refractivity contribution is 0.150. The summed E-state index contributed by atoms with van der Waals surface area (Å²) in [6, 6.07) is 14.5. The van der Waals surface area contributed by atoms with E-state index < -0.39 is 5.82 Å². The summed E-state index contributed by atoms with van der Waals surface area (Å²) >= 11 is 5.92. The van der Waals surface area contributed by atoms with Crippen molar-refractivity contribution >= 4 is 23.3 Å². The van der Waals surface area contributed by atoms with E-state index in [-0.39, 0.29) is 22.5 Å². The minimum atomic E-state index is -0.504. The monoisotopic (exact) mass is 478 g/mol. The molecule has 1 aliphatic heterocycles. The number of benzene rings is 2. The third kappa shape index (κ3) is 4.55. The van der Waals surface area contributed by atoms with Crippen molar-refractivity contribution in [2.45, 2.75) is 37.1 Å². The molecule has 1 unspecified atom stereocenters. The summed E-state index contributed by atoms with van der Waals surface area (Å²) in [4.78, 5) is 17.6. The number of hydrogen-bond acceptors (Lipinski definition) is 3. The minimum absolute atomic E-state index is 0.00693. The first-order valence-electron chi connectivity index (χ1n) is 11.9. The summed E-state index contributed by atoms with van der Waals surface area (Å²) in [7, 11) is 0. The van der Waals surface area contributed by atoms with Crippen LogP contribution in [0.25, 0.3) is 0 Å². The Morgan fingerprint density at radius 2 is 2.09 bits per heavy atom. The van der Waals surface area contributed by atoms with E-state index in [2.05, 4.69) is 34.5 Å². The van der Waals surface area contributed by atoms with Gasteiger partial charge in [-0.1, -0.05) is 35.9 Å². The predicted octanol–water partition coefficient (Wildman–Crippen LogP) is 5.57. The zero-order valence-corrected chi connectivity index (χ0v) is 19.8. The number of halogens is 2. The first-order chi connectivity index (χ1) is 16.5. The van der Waals surface area contributed by atoms with Crippen LogP contribution in [-0.4, -0.2) is 48.1 Å². The van der Waals surface area contributed by atoms with Gasteiger partial charge in [-0.15, -0.1) is 0 Å². The lowest BCUT2D eigenvalue weighted by Crippen LogP contribution is -2.48. The van der Waals surface area contributed by atoms with Crippen molar-refractivity contribution < 1.29 is 9.18 Å². The number of nitrogens with zero attached hydrogens (tertiary/aromatic N) is 3. The number of carbonyl (C=O) groups is 1. The van der Waals surface area contributed by atoms with Crippen molar-refractivity contribution in [1.29, 1.82) is 5.26 Å². The van der Waals surface area contributed by atoms with Gasteiger partial charge in [0.1, 0.15) is 5.82 Å². The normalized spacial score (nSPS) is 25.4. The highest BCUT2D eigenvalue weighted by Crippen LogP contribution is 2.62. The summed E-state index contributed by atoms with van der Waals surface area (Å²) in [6.07, 6.45) is 8.29. The molecule has 34 heavy (non-hydrogen) atoms. The van der Waals surface area contributed by atoms with Gasteiger partial charge in [0.15, 0.2) is 0 Å². The molecule has 7 heteroatoms. The molecule has 2 saturated carbocycles. The van der Waals surface area contributed by atoms with Crippen molar-refractivity contribution in [1.82, 2.24) is 9.80 Å². The highest BCUT2D eigenvalue weighted by Gasteiger charge is 2.58. The summed E-state index contributed by atoms with van der Waals surface area (Å²) in [5.41, 5.74) is 2.61. The van der Waals surface area contributed by atoms with Crippen LogP contribution in [0.3, 0.4) is 0 Å². The Balaban J connectivity index is 1.30. The van der Waals surface area contributed by atoms with Crippen molar-refractivity contribution in [3.63, 3.8) is 0 Å². The van der Waals surface area contributed by atoms with Gasteiger partial charge >= 0.3 is 6.03 Å². The van der Waals surface area contributed by atoms with Crippen LogP contribution in [-0.2, 0) is 5.41 Å². The van der Waals surface area contributed by atoms with Crippen LogP contribution in [0.15, 0.2) is 54.6 Å². The maximum atomic E-state index is 13.6. The van der Waals surface area contributed by atoms with Gasteiger partial charge in [-0.05, 0) is 72.9 Å². The molecule has 2 aliphatic carbocycles. The summed E-state index contributed by atoms with van der Waals surface area (Å²) in [5, 5.41) is 12.2. The van der Waals surface area contributed by atoms with E-state index in [1.807, 2.05) is 23.1 Å². The molecule has 2 amide bonds. The van der Waals surface area contributed by atoms with Gasteiger partial charge in [0.05, 0.1) is 16.7 Å². The zero-order valence-electron chi connectivity index (χ0n) is 19.0. The molecule has 5 nitrogen and oxygen atoms in total. The van der Waals surface area contributed by atoms with Crippen LogP contribution >= 0.6 is 11.6 Å². The standard InChI is InChI=1S/C27H28ClFN4O/c28-24-16-22(6-7-25(24)29)31-26(34)33(13-12-32-10-1-2-11-32)23-8-9-27(17-21(27)15-23)20-5-3-4-19(14-20)18-30/h1-7,14,16,21,23H,8-13,15,17H2,(H,31,34)/t21?,23-,27-/m1/s1. The number of urea groups is 1. The van der Waals surface area contributed by atoms with E-state index in [0.717, 1.165) is 45.3 Å². The van der Waals surface area contributed by atoms with E-state index in [1.165, 1.54) is 23.8 Å². The van der Waals surface area contributed by atoms with Crippen LogP contribution in [0.1, 0.15) is 36.8 Å². The number of nitriles is 1. The summed E-state index contributed by atoms with van der Waals surface area (Å²) in [5.74, 6) is 0.0140. The van der Waals surface area contributed by atoms with Gasteiger partial charge in [-0.25, -0.2) is 9.18 Å². The fourth-order valence-corrected chi connectivity index (χ4v) is 5.90. The van der Waals surface area contributed by atoms with Crippen molar-refractivity contribution in [3.8, 4) is 6.07 Å². The predicted molar refractivity (Wildman–Crippen MR) is 131 cm³/mol. The molecular weight excluding hydrogens is 451 g/mol. The molecule has 1 heterocycles. The van der Waals surface area contributed by atoms with E-state index in [0.29, 0.717) is 23.7 Å². The highest BCUT2D eigenvalue weighted by atomic mass is 35.5. The molecule has 2 fully saturated rings. The molecule has 0 spiro atoms. The quantitative estimate of drug-likeness (QED) is 0.552. The van der Waals surface area contributed by atoms with Gasteiger partial charge in [-0.2, -0.15) is 5.26 Å². The molecule has 5 rings (SSSR count). The maximum absolute atomic E-state index is 13.6. The minimum Gasteiger partial charge on any atom is -0.320 e. The Hall–Kier alpha value is -2.88. The topological polar surface area (TPSA) is 59.4 Å². The average molecular weight is 479 g/mol. The number of anilines is 1. The number of hydrogen-bond donors (Lipinski definition) is 1.